The number of hydrogen-bond donors (Lipinski definition) is 2. The van der Waals surface area contributed by atoms with Gasteiger partial charge in [-0.3, -0.25) is 14.9 Å². The molecule has 1 aromatic carbocycles. The van der Waals surface area contributed by atoms with Gasteiger partial charge in [0.2, 0.25) is 0 Å². The van der Waals surface area contributed by atoms with E-state index in [1.807, 2.05) is 0 Å². The predicted octanol–water partition coefficient (Wildman–Crippen LogP) is 1.73. The molecule has 0 fully saturated rings. The Morgan fingerprint density at radius 1 is 1.38 bits per heavy atom. The van der Waals surface area contributed by atoms with Crippen LogP contribution < -0.4 is 5.32 Å². The molecular formula is C11H7F3N4O5S. The molecule has 13 heteroatoms. The number of rotatable bonds is 5. The summed E-state index contributed by atoms with van der Waals surface area (Å²) >= 11 is 0.653. The van der Waals surface area contributed by atoms with Crippen LogP contribution in [-0.2, 0) is 4.79 Å². The van der Waals surface area contributed by atoms with Crippen molar-refractivity contribution in [3.8, 4) is 0 Å². The SMILES string of the molecule is O=C(NC(CC(F)(F)F)C(=O)O)c1cc([N+](=O)[O-])c2nsnc2c1. The van der Waals surface area contributed by atoms with Crippen LogP contribution in [0.25, 0.3) is 11.0 Å². The number of hydrogen-bond acceptors (Lipinski definition) is 7. The predicted molar refractivity (Wildman–Crippen MR) is 73.6 cm³/mol. The minimum atomic E-state index is -4.81. The molecule has 2 rings (SSSR count). The van der Waals surface area contributed by atoms with E-state index in [9.17, 15) is 32.9 Å². The number of carboxylic acid groups (broad SMARTS) is 1. The van der Waals surface area contributed by atoms with Gasteiger partial charge in [-0.05, 0) is 6.07 Å². The fourth-order valence-electron chi connectivity index (χ4n) is 1.82. The number of amides is 1. The molecule has 1 aromatic heterocycles. The molecule has 0 saturated heterocycles. The number of nitrogens with one attached hydrogen (secondary N) is 1. The van der Waals surface area contributed by atoms with Crippen LogP contribution in [0.1, 0.15) is 16.8 Å². The molecule has 0 radical (unpaired) electrons. The van der Waals surface area contributed by atoms with E-state index in [-0.39, 0.29) is 11.0 Å². The smallest absolute Gasteiger partial charge is 0.391 e. The van der Waals surface area contributed by atoms with Crippen LogP contribution in [0.3, 0.4) is 0 Å². The molecule has 2 N–H and O–H groups in total. The van der Waals surface area contributed by atoms with Gasteiger partial charge in [0.25, 0.3) is 11.6 Å². The summed E-state index contributed by atoms with van der Waals surface area (Å²) < 4.78 is 44.4. The van der Waals surface area contributed by atoms with E-state index in [0.29, 0.717) is 11.7 Å². The molecule has 1 unspecified atom stereocenters. The first-order valence-corrected chi connectivity index (χ1v) is 6.82. The van der Waals surface area contributed by atoms with Crippen LogP contribution in [0, 0.1) is 10.1 Å². The number of non-ortho nitro benzene ring substituents is 1. The van der Waals surface area contributed by atoms with Gasteiger partial charge in [-0.15, -0.1) is 0 Å². The molecule has 0 spiro atoms. The Bertz CT molecular complexity index is 822. The van der Waals surface area contributed by atoms with E-state index in [1.165, 1.54) is 0 Å². The summed E-state index contributed by atoms with van der Waals surface area (Å²) in [5.74, 6) is -3.09. The van der Waals surface area contributed by atoms with Crippen molar-refractivity contribution in [1.82, 2.24) is 14.1 Å². The Morgan fingerprint density at radius 3 is 2.58 bits per heavy atom. The first-order chi connectivity index (χ1) is 11.1. The van der Waals surface area contributed by atoms with Gasteiger partial charge >= 0.3 is 12.1 Å². The Kier molecular flexibility index (Phi) is 4.64. The standard InChI is InChI=1S/C11H7F3N4O5S/c12-11(13,14)3-6(10(20)21)15-9(19)4-1-5-8(17-24-16-5)7(2-4)18(22)23/h1-2,6H,3H2,(H,15,19)(H,20,21). The van der Waals surface area contributed by atoms with Crippen molar-refractivity contribution in [1.29, 1.82) is 0 Å². The lowest BCUT2D eigenvalue weighted by atomic mass is 10.1. The molecular weight excluding hydrogens is 357 g/mol. The quantitative estimate of drug-likeness (QED) is 0.609. The number of alkyl halides is 3. The van der Waals surface area contributed by atoms with Crippen molar-refractivity contribution in [2.24, 2.45) is 0 Å². The molecule has 0 saturated carbocycles. The largest absolute Gasteiger partial charge is 0.480 e. The first-order valence-electron chi connectivity index (χ1n) is 6.09. The number of carboxylic acids is 1. The number of aliphatic carboxylic acids is 1. The molecule has 9 nitrogen and oxygen atoms in total. The molecule has 1 amide bonds. The number of benzene rings is 1. The maximum atomic E-state index is 12.3. The van der Waals surface area contributed by atoms with Crippen LogP contribution >= 0.6 is 11.7 Å². The van der Waals surface area contributed by atoms with Gasteiger partial charge in [-0.25, -0.2) is 4.79 Å². The lowest BCUT2D eigenvalue weighted by molar-refractivity contribution is -0.383. The fraction of sp³-hybridized carbons (Fsp3) is 0.273. The zero-order valence-electron chi connectivity index (χ0n) is 11.4. The molecule has 24 heavy (non-hydrogen) atoms. The summed E-state index contributed by atoms with van der Waals surface area (Å²) in [7, 11) is 0. The average Bonchev–Trinajstić information content (AvgIpc) is 2.91. The number of fused-ring (bicyclic) bond motifs is 1. The summed E-state index contributed by atoms with van der Waals surface area (Å²) in [5.41, 5.74) is -1.03. The molecule has 0 aliphatic heterocycles. The molecule has 0 aliphatic carbocycles. The van der Waals surface area contributed by atoms with Crippen LogP contribution in [0.15, 0.2) is 12.1 Å². The number of nitro benzene ring substituents is 1. The lowest BCUT2D eigenvalue weighted by Gasteiger charge is -2.16. The second kappa shape index (κ2) is 6.35. The highest BCUT2D eigenvalue weighted by Gasteiger charge is 2.36. The Balaban J connectivity index is 2.33. The van der Waals surface area contributed by atoms with Crippen molar-refractivity contribution >= 4 is 40.3 Å². The molecule has 1 atom stereocenters. The minimum Gasteiger partial charge on any atom is -0.480 e. The number of carbonyl (C=O) groups is 2. The number of halogens is 3. The van der Waals surface area contributed by atoms with E-state index in [4.69, 9.17) is 5.11 Å². The highest BCUT2D eigenvalue weighted by Crippen LogP contribution is 2.26. The second-order valence-electron chi connectivity index (χ2n) is 4.57. The third-order valence-corrected chi connectivity index (χ3v) is 3.38. The van der Waals surface area contributed by atoms with Gasteiger partial charge < -0.3 is 10.4 Å². The normalized spacial score (nSPS) is 12.8. The Labute approximate surface area is 134 Å². The summed E-state index contributed by atoms with van der Waals surface area (Å²) in [5, 5.41) is 21.4. The first kappa shape index (κ1) is 17.5. The fourth-order valence-corrected chi connectivity index (χ4v) is 2.35. The van der Waals surface area contributed by atoms with Crippen molar-refractivity contribution in [3.63, 3.8) is 0 Å². The maximum absolute atomic E-state index is 12.3. The van der Waals surface area contributed by atoms with Crippen LogP contribution in [0.5, 0.6) is 0 Å². The summed E-state index contributed by atoms with van der Waals surface area (Å²) in [6.45, 7) is 0. The van der Waals surface area contributed by atoms with E-state index in [0.717, 1.165) is 12.1 Å². The number of nitrogens with zero attached hydrogens (tertiary/aromatic N) is 3. The highest BCUT2D eigenvalue weighted by atomic mass is 32.1. The van der Waals surface area contributed by atoms with Gasteiger partial charge in [0.1, 0.15) is 11.6 Å². The molecule has 0 bridgehead atoms. The molecule has 2 aromatic rings. The average molecular weight is 364 g/mol. The Hall–Kier alpha value is -2.83. The number of aromatic nitrogens is 2. The molecule has 0 aliphatic rings. The summed E-state index contributed by atoms with van der Waals surface area (Å²) in [4.78, 5) is 33.0. The van der Waals surface area contributed by atoms with E-state index in [2.05, 4.69) is 8.75 Å². The topological polar surface area (TPSA) is 135 Å². The van der Waals surface area contributed by atoms with E-state index in [1.54, 1.807) is 5.32 Å². The van der Waals surface area contributed by atoms with Crippen molar-refractivity contribution < 1.29 is 32.8 Å². The van der Waals surface area contributed by atoms with Crippen LogP contribution in [0.2, 0.25) is 0 Å². The van der Waals surface area contributed by atoms with Crippen LogP contribution in [-0.4, -0.2) is 42.9 Å². The lowest BCUT2D eigenvalue weighted by Crippen LogP contribution is -2.43. The third-order valence-electron chi connectivity index (χ3n) is 2.84. The number of nitro groups is 1. The van der Waals surface area contributed by atoms with Gasteiger partial charge in [0.15, 0.2) is 5.52 Å². The maximum Gasteiger partial charge on any atom is 0.391 e. The van der Waals surface area contributed by atoms with Gasteiger partial charge in [-0.2, -0.15) is 21.9 Å². The Morgan fingerprint density at radius 2 is 2.04 bits per heavy atom. The number of carbonyl (C=O) groups excluding carboxylic acids is 1. The van der Waals surface area contributed by atoms with Crippen molar-refractivity contribution in [3.05, 3.63) is 27.8 Å². The van der Waals surface area contributed by atoms with Gasteiger partial charge in [-0.1, -0.05) is 0 Å². The second-order valence-corrected chi connectivity index (χ2v) is 5.10. The van der Waals surface area contributed by atoms with Crippen molar-refractivity contribution in [2.75, 3.05) is 0 Å². The van der Waals surface area contributed by atoms with Gasteiger partial charge in [0.05, 0.1) is 23.1 Å². The van der Waals surface area contributed by atoms with Gasteiger partial charge in [0, 0.05) is 11.6 Å². The molecule has 128 valence electrons. The molecule has 1 heterocycles. The zero-order valence-corrected chi connectivity index (χ0v) is 12.2. The summed E-state index contributed by atoms with van der Waals surface area (Å²) in [6, 6.07) is -0.347. The highest BCUT2D eigenvalue weighted by molar-refractivity contribution is 7.00. The monoisotopic (exact) mass is 364 g/mol. The van der Waals surface area contributed by atoms with Crippen molar-refractivity contribution in [2.45, 2.75) is 18.6 Å². The summed E-state index contributed by atoms with van der Waals surface area (Å²) in [6.07, 6.45) is -6.60. The third kappa shape index (κ3) is 3.92. The minimum absolute atomic E-state index is 0.00189. The van der Waals surface area contributed by atoms with E-state index >= 15 is 0 Å². The van der Waals surface area contributed by atoms with Crippen LogP contribution in [0.4, 0.5) is 18.9 Å². The zero-order chi connectivity index (χ0) is 18.1. The van der Waals surface area contributed by atoms with E-state index < -0.39 is 46.7 Å².